The summed E-state index contributed by atoms with van der Waals surface area (Å²) < 4.78 is 5.44. The fourth-order valence-corrected chi connectivity index (χ4v) is 3.45. The number of ether oxygens (including phenoxy) is 1. The summed E-state index contributed by atoms with van der Waals surface area (Å²) in [7, 11) is 0. The minimum absolute atomic E-state index is 0.0852. The van der Waals surface area contributed by atoms with Crippen molar-refractivity contribution < 1.29 is 19.4 Å². The molecule has 1 aromatic heterocycles. The summed E-state index contributed by atoms with van der Waals surface area (Å²) >= 11 is 1.44. The fourth-order valence-electron chi connectivity index (χ4n) is 2.69. The second kappa shape index (κ2) is 7.15. The highest BCUT2D eigenvalue weighted by Crippen LogP contribution is 2.30. The molecule has 0 saturated carbocycles. The number of benzene rings is 1. The van der Waals surface area contributed by atoms with Gasteiger partial charge in [-0.3, -0.25) is 9.69 Å². The maximum absolute atomic E-state index is 12.7. The molecule has 1 aliphatic heterocycles. The van der Waals surface area contributed by atoms with Crippen molar-refractivity contribution in [2.24, 2.45) is 0 Å². The highest BCUT2D eigenvalue weighted by Gasteiger charge is 2.49. The first-order chi connectivity index (χ1) is 12.4. The highest BCUT2D eigenvalue weighted by molar-refractivity contribution is 7.08. The van der Waals surface area contributed by atoms with E-state index in [1.807, 2.05) is 16.8 Å². The Morgan fingerprint density at radius 3 is 2.69 bits per heavy atom. The Morgan fingerprint density at radius 2 is 2.08 bits per heavy atom. The topological polar surface area (TPSA) is 103 Å². The first-order valence-electron chi connectivity index (χ1n) is 7.92. The maximum Gasteiger partial charge on any atom is 0.325 e. The monoisotopic (exact) mass is 371 g/mol. The summed E-state index contributed by atoms with van der Waals surface area (Å²) in [4.78, 5) is 25.9. The number of nitrogens with one attached hydrogen (secondary N) is 1. The zero-order valence-electron chi connectivity index (χ0n) is 14.0. The van der Waals surface area contributed by atoms with Crippen LogP contribution in [0.3, 0.4) is 0 Å². The van der Waals surface area contributed by atoms with Gasteiger partial charge in [0, 0.05) is 0 Å². The summed E-state index contributed by atoms with van der Waals surface area (Å²) in [6.07, 6.45) is -1.04. The summed E-state index contributed by atoms with van der Waals surface area (Å²) in [5.74, 6) is 0.0849. The van der Waals surface area contributed by atoms with Gasteiger partial charge in [-0.1, -0.05) is 0 Å². The van der Waals surface area contributed by atoms with Crippen molar-refractivity contribution in [3.63, 3.8) is 0 Å². The number of amides is 3. The number of nitrogens with zero attached hydrogens (tertiary/aromatic N) is 2. The number of rotatable bonds is 6. The van der Waals surface area contributed by atoms with Gasteiger partial charge in [0.05, 0.1) is 18.2 Å². The molecule has 1 fully saturated rings. The number of hydrogen-bond acceptors (Lipinski definition) is 6. The van der Waals surface area contributed by atoms with E-state index in [1.54, 1.807) is 37.3 Å². The van der Waals surface area contributed by atoms with Crippen LogP contribution in [0.2, 0.25) is 0 Å². The normalized spacial score (nSPS) is 20.6. The quantitative estimate of drug-likeness (QED) is 0.754. The molecule has 2 N–H and O–H groups in total. The molecule has 2 atom stereocenters. The third kappa shape index (κ3) is 3.40. The second-order valence-electron chi connectivity index (χ2n) is 6.08. The molecule has 26 heavy (non-hydrogen) atoms. The van der Waals surface area contributed by atoms with E-state index >= 15 is 0 Å². The van der Waals surface area contributed by atoms with Crippen LogP contribution >= 0.6 is 11.3 Å². The number of hydrogen-bond donors (Lipinski definition) is 2. The number of urea groups is 1. The predicted octanol–water partition coefficient (Wildman–Crippen LogP) is 1.83. The standard InChI is InChI=1S/C18H17N3O4S/c1-18(13-6-7-26-11-13)16(23)21(17(24)20-18)9-14(22)10-25-15-4-2-12(8-19)3-5-15/h2-7,11,14,22H,9-10H2,1H3,(H,20,24)/t14-,18+/m1/s1. The van der Waals surface area contributed by atoms with E-state index in [-0.39, 0.29) is 13.2 Å². The smallest absolute Gasteiger partial charge is 0.325 e. The lowest BCUT2D eigenvalue weighted by atomic mass is 9.95. The Labute approximate surface area is 154 Å². The van der Waals surface area contributed by atoms with Crippen LogP contribution in [0.4, 0.5) is 4.79 Å². The van der Waals surface area contributed by atoms with Crippen LogP contribution in [-0.4, -0.2) is 41.2 Å². The van der Waals surface area contributed by atoms with E-state index in [2.05, 4.69) is 5.32 Å². The third-order valence-electron chi connectivity index (χ3n) is 4.19. The van der Waals surface area contributed by atoms with Crippen molar-refractivity contribution in [1.29, 1.82) is 5.26 Å². The second-order valence-corrected chi connectivity index (χ2v) is 6.86. The van der Waals surface area contributed by atoms with Gasteiger partial charge in [-0.2, -0.15) is 16.6 Å². The van der Waals surface area contributed by atoms with Crippen LogP contribution in [0.1, 0.15) is 18.1 Å². The van der Waals surface area contributed by atoms with E-state index in [4.69, 9.17) is 10.00 Å². The lowest BCUT2D eigenvalue weighted by molar-refractivity contribution is -0.132. The average molecular weight is 371 g/mol. The van der Waals surface area contributed by atoms with Crippen LogP contribution in [0.15, 0.2) is 41.1 Å². The van der Waals surface area contributed by atoms with Gasteiger partial charge in [0.25, 0.3) is 5.91 Å². The fraction of sp³-hybridized carbons (Fsp3) is 0.278. The van der Waals surface area contributed by atoms with Crippen molar-refractivity contribution in [3.05, 3.63) is 52.2 Å². The van der Waals surface area contributed by atoms with Gasteiger partial charge in [0.1, 0.15) is 24.0 Å². The number of nitriles is 1. The number of carbonyl (C=O) groups excluding carboxylic acids is 2. The molecule has 0 spiro atoms. The van der Waals surface area contributed by atoms with E-state index in [9.17, 15) is 14.7 Å². The molecule has 8 heteroatoms. The maximum atomic E-state index is 12.7. The van der Waals surface area contributed by atoms with Crippen LogP contribution in [0.25, 0.3) is 0 Å². The molecule has 0 unspecified atom stereocenters. The lowest BCUT2D eigenvalue weighted by Gasteiger charge is -2.22. The molecular weight excluding hydrogens is 354 g/mol. The third-order valence-corrected chi connectivity index (χ3v) is 4.88. The number of aliphatic hydroxyl groups is 1. The van der Waals surface area contributed by atoms with Crippen LogP contribution in [0, 0.1) is 11.3 Å². The van der Waals surface area contributed by atoms with Crippen molar-refractivity contribution in [2.45, 2.75) is 18.6 Å². The van der Waals surface area contributed by atoms with E-state index in [0.29, 0.717) is 16.9 Å². The first-order valence-corrected chi connectivity index (χ1v) is 8.86. The van der Waals surface area contributed by atoms with Crippen molar-refractivity contribution in [2.75, 3.05) is 13.2 Å². The minimum Gasteiger partial charge on any atom is -0.491 e. The Morgan fingerprint density at radius 1 is 1.35 bits per heavy atom. The summed E-state index contributed by atoms with van der Waals surface area (Å²) in [5.41, 5.74) is 0.0988. The Balaban J connectivity index is 1.60. The van der Waals surface area contributed by atoms with Gasteiger partial charge in [-0.25, -0.2) is 4.79 Å². The van der Waals surface area contributed by atoms with Gasteiger partial charge >= 0.3 is 6.03 Å². The van der Waals surface area contributed by atoms with E-state index in [0.717, 1.165) is 4.90 Å². The molecule has 3 rings (SSSR count). The van der Waals surface area contributed by atoms with Crippen molar-refractivity contribution in [1.82, 2.24) is 10.2 Å². The molecule has 0 bridgehead atoms. The molecule has 0 aliphatic carbocycles. The Bertz CT molecular complexity index is 844. The number of thiophene rings is 1. The number of carbonyl (C=O) groups is 2. The van der Waals surface area contributed by atoms with Crippen LogP contribution < -0.4 is 10.1 Å². The SMILES string of the molecule is C[C@@]1(c2ccsc2)NC(=O)N(C[C@@H](O)COc2ccc(C#N)cc2)C1=O. The molecule has 134 valence electrons. The number of β-amino-alcohol motifs (C(OH)–C–C–N with tert-alkyl or cyclic N) is 1. The summed E-state index contributed by atoms with van der Waals surface area (Å²) in [6.45, 7) is 1.40. The molecule has 2 heterocycles. The first kappa shape index (κ1) is 17.9. The summed E-state index contributed by atoms with van der Waals surface area (Å²) in [5, 5.41) is 25.3. The molecule has 7 nitrogen and oxygen atoms in total. The number of imide groups is 1. The molecule has 0 radical (unpaired) electrons. The molecule has 1 aromatic carbocycles. The minimum atomic E-state index is -1.12. The average Bonchev–Trinajstić information content (AvgIpc) is 3.25. The zero-order chi connectivity index (χ0) is 18.7. The number of aliphatic hydroxyl groups excluding tert-OH is 1. The van der Waals surface area contributed by atoms with Crippen LogP contribution in [0.5, 0.6) is 5.75 Å². The lowest BCUT2D eigenvalue weighted by Crippen LogP contribution is -2.42. The molecular formula is C18H17N3O4S. The molecule has 1 aliphatic rings. The Hall–Kier alpha value is -2.89. The van der Waals surface area contributed by atoms with Gasteiger partial charge in [0.15, 0.2) is 0 Å². The van der Waals surface area contributed by atoms with Gasteiger partial charge in [0.2, 0.25) is 0 Å². The van der Waals surface area contributed by atoms with E-state index < -0.39 is 23.6 Å². The molecule has 2 aromatic rings. The predicted molar refractivity (Wildman–Crippen MR) is 94.6 cm³/mol. The molecule has 1 saturated heterocycles. The van der Waals surface area contributed by atoms with Gasteiger partial charge in [-0.05, 0) is 53.6 Å². The van der Waals surface area contributed by atoms with Crippen LogP contribution in [-0.2, 0) is 10.3 Å². The largest absolute Gasteiger partial charge is 0.491 e. The zero-order valence-corrected chi connectivity index (χ0v) is 14.8. The van der Waals surface area contributed by atoms with Crippen molar-refractivity contribution in [3.8, 4) is 11.8 Å². The van der Waals surface area contributed by atoms with E-state index in [1.165, 1.54) is 11.3 Å². The van der Waals surface area contributed by atoms with Gasteiger partial charge < -0.3 is 15.2 Å². The molecule has 3 amide bonds. The highest BCUT2D eigenvalue weighted by atomic mass is 32.1. The summed E-state index contributed by atoms with van der Waals surface area (Å²) in [6, 6.07) is 9.69. The Kier molecular flexibility index (Phi) is 4.93. The van der Waals surface area contributed by atoms with Crippen molar-refractivity contribution >= 4 is 23.3 Å². The van der Waals surface area contributed by atoms with Gasteiger partial charge in [-0.15, -0.1) is 0 Å².